The first-order chi connectivity index (χ1) is 7.59. The van der Waals surface area contributed by atoms with Crippen molar-refractivity contribution in [2.75, 3.05) is 0 Å². The van der Waals surface area contributed by atoms with Crippen molar-refractivity contribution in [2.45, 2.75) is 64.4 Å². The molecule has 0 aromatic carbocycles. The molecule has 0 spiro atoms. The van der Waals surface area contributed by atoms with Crippen molar-refractivity contribution in [3.8, 4) is 0 Å². The maximum absolute atomic E-state index is 11.2. The highest BCUT2D eigenvalue weighted by atomic mass is 16.6. The van der Waals surface area contributed by atoms with Crippen LogP contribution in [0.2, 0.25) is 0 Å². The maximum Gasteiger partial charge on any atom is 0.330 e. The van der Waals surface area contributed by atoms with Crippen LogP contribution in [0.15, 0.2) is 12.7 Å². The second-order valence-electron chi connectivity index (χ2n) is 5.16. The number of carbonyl (C=O) groups excluding carboxylic acids is 1. The molecule has 0 unspecified atom stereocenters. The molecule has 1 aliphatic carbocycles. The summed E-state index contributed by atoms with van der Waals surface area (Å²) in [4.78, 5) is 11.2. The van der Waals surface area contributed by atoms with Gasteiger partial charge in [0.2, 0.25) is 0 Å². The Balaban J connectivity index is 2.34. The summed E-state index contributed by atoms with van der Waals surface area (Å²) < 4.78 is 5.42. The molecule has 0 aromatic rings. The third-order valence-electron chi connectivity index (χ3n) is 3.64. The van der Waals surface area contributed by atoms with Crippen LogP contribution in [0.25, 0.3) is 0 Å². The molecule has 0 aliphatic heterocycles. The summed E-state index contributed by atoms with van der Waals surface area (Å²) in [6, 6.07) is 0. The summed E-state index contributed by atoms with van der Waals surface area (Å²) in [6.07, 6.45) is 9.59. The van der Waals surface area contributed by atoms with E-state index in [-0.39, 0.29) is 11.6 Å². The number of carbonyl (C=O) groups is 1. The van der Waals surface area contributed by atoms with Gasteiger partial charge in [0, 0.05) is 6.08 Å². The molecule has 0 heterocycles. The molecule has 1 aliphatic rings. The minimum absolute atomic E-state index is 0.242. The van der Waals surface area contributed by atoms with Crippen LogP contribution in [0.5, 0.6) is 0 Å². The van der Waals surface area contributed by atoms with Crippen LogP contribution in [-0.4, -0.2) is 11.6 Å². The Labute approximate surface area is 99.1 Å². The lowest BCUT2D eigenvalue weighted by Gasteiger charge is -2.36. The van der Waals surface area contributed by atoms with Crippen molar-refractivity contribution in [1.82, 2.24) is 0 Å². The van der Waals surface area contributed by atoms with Gasteiger partial charge < -0.3 is 4.74 Å². The lowest BCUT2D eigenvalue weighted by atomic mass is 9.78. The van der Waals surface area contributed by atoms with E-state index in [0.717, 1.165) is 18.8 Å². The third-order valence-corrected chi connectivity index (χ3v) is 3.64. The first kappa shape index (κ1) is 13.3. The molecule has 92 valence electrons. The van der Waals surface area contributed by atoms with E-state index in [2.05, 4.69) is 13.5 Å². The molecule has 0 radical (unpaired) electrons. The quantitative estimate of drug-likeness (QED) is 0.523. The van der Waals surface area contributed by atoms with Gasteiger partial charge >= 0.3 is 5.97 Å². The highest BCUT2D eigenvalue weighted by Crippen LogP contribution is 2.36. The number of hydrogen-bond acceptors (Lipinski definition) is 2. The van der Waals surface area contributed by atoms with Gasteiger partial charge in [-0.3, -0.25) is 0 Å². The first-order valence-corrected chi connectivity index (χ1v) is 6.45. The van der Waals surface area contributed by atoms with E-state index in [1.165, 1.54) is 38.2 Å². The smallest absolute Gasteiger partial charge is 0.330 e. The molecular weight excluding hydrogens is 200 g/mol. The van der Waals surface area contributed by atoms with Crippen LogP contribution in [0.1, 0.15) is 58.8 Å². The van der Waals surface area contributed by atoms with Gasteiger partial charge in [-0.05, 0) is 38.5 Å². The van der Waals surface area contributed by atoms with Gasteiger partial charge in [-0.1, -0.05) is 32.8 Å². The van der Waals surface area contributed by atoms with Gasteiger partial charge in [0.15, 0.2) is 0 Å². The van der Waals surface area contributed by atoms with Crippen molar-refractivity contribution >= 4 is 5.97 Å². The van der Waals surface area contributed by atoms with E-state index < -0.39 is 0 Å². The van der Waals surface area contributed by atoms with Crippen LogP contribution >= 0.6 is 0 Å². The molecule has 0 amide bonds. The topological polar surface area (TPSA) is 26.3 Å². The molecule has 0 bridgehead atoms. The fourth-order valence-electron chi connectivity index (χ4n) is 2.46. The summed E-state index contributed by atoms with van der Waals surface area (Å²) in [5.74, 6) is 0.560. The van der Waals surface area contributed by atoms with E-state index in [0.29, 0.717) is 0 Å². The first-order valence-electron chi connectivity index (χ1n) is 6.45. The molecule has 0 N–H and O–H groups in total. The lowest BCUT2D eigenvalue weighted by Crippen LogP contribution is -2.35. The van der Waals surface area contributed by atoms with E-state index >= 15 is 0 Å². The Morgan fingerprint density at radius 2 is 2.12 bits per heavy atom. The van der Waals surface area contributed by atoms with E-state index in [1.54, 1.807) is 0 Å². The molecule has 2 nitrogen and oxygen atoms in total. The van der Waals surface area contributed by atoms with E-state index in [1.807, 2.05) is 6.92 Å². The fraction of sp³-hybridized carbons (Fsp3) is 0.786. The Kier molecular flexibility index (Phi) is 5.04. The van der Waals surface area contributed by atoms with Crippen LogP contribution in [0.4, 0.5) is 0 Å². The molecular formula is C14H24O2. The predicted molar refractivity (Wildman–Crippen MR) is 66.2 cm³/mol. The molecule has 1 saturated carbocycles. The van der Waals surface area contributed by atoms with Crippen molar-refractivity contribution in [3.63, 3.8) is 0 Å². The maximum atomic E-state index is 11.2. The average molecular weight is 224 g/mol. The van der Waals surface area contributed by atoms with Gasteiger partial charge in [0.25, 0.3) is 0 Å². The van der Waals surface area contributed by atoms with Crippen molar-refractivity contribution < 1.29 is 9.53 Å². The highest BCUT2D eigenvalue weighted by molar-refractivity contribution is 5.81. The normalized spacial score (nSPS) is 29.8. The summed E-state index contributed by atoms with van der Waals surface area (Å²) in [5.41, 5.74) is -0.242. The standard InChI is InChI=1S/C14H24O2/c1-4-6-7-12-8-10-14(3,11-9-12)16-13(15)5-2/h5,12H,2,4,6-11H2,1,3H3. The Bertz CT molecular complexity index is 237. The lowest BCUT2D eigenvalue weighted by molar-refractivity contribution is -0.155. The summed E-state index contributed by atoms with van der Waals surface area (Å²) in [6.45, 7) is 7.72. The summed E-state index contributed by atoms with van der Waals surface area (Å²) in [5, 5.41) is 0. The molecule has 0 saturated heterocycles. The average Bonchev–Trinajstić information content (AvgIpc) is 2.28. The molecule has 0 atom stereocenters. The molecule has 1 rings (SSSR count). The second kappa shape index (κ2) is 6.07. The molecule has 2 heteroatoms. The summed E-state index contributed by atoms with van der Waals surface area (Å²) >= 11 is 0. The minimum atomic E-state index is -0.283. The van der Waals surface area contributed by atoms with Gasteiger partial charge in [-0.25, -0.2) is 4.79 Å². The van der Waals surface area contributed by atoms with E-state index in [4.69, 9.17) is 4.74 Å². The van der Waals surface area contributed by atoms with Crippen molar-refractivity contribution in [2.24, 2.45) is 5.92 Å². The fourth-order valence-corrected chi connectivity index (χ4v) is 2.46. The van der Waals surface area contributed by atoms with Crippen LogP contribution in [0.3, 0.4) is 0 Å². The van der Waals surface area contributed by atoms with Gasteiger partial charge in [-0.2, -0.15) is 0 Å². The molecule has 0 aromatic heterocycles. The SMILES string of the molecule is C=CC(=O)OC1(C)CCC(CCCC)CC1. The molecule has 1 fully saturated rings. The highest BCUT2D eigenvalue weighted by Gasteiger charge is 2.33. The predicted octanol–water partition coefficient (Wildman–Crippen LogP) is 3.85. The van der Waals surface area contributed by atoms with Gasteiger partial charge in [0.05, 0.1) is 0 Å². The van der Waals surface area contributed by atoms with E-state index in [9.17, 15) is 4.79 Å². The van der Waals surface area contributed by atoms with Crippen molar-refractivity contribution in [3.05, 3.63) is 12.7 Å². The number of esters is 1. The Morgan fingerprint density at radius 1 is 1.50 bits per heavy atom. The number of hydrogen-bond donors (Lipinski definition) is 0. The molecule has 16 heavy (non-hydrogen) atoms. The number of rotatable bonds is 5. The largest absolute Gasteiger partial charge is 0.456 e. The van der Waals surface area contributed by atoms with Crippen LogP contribution in [0, 0.1) is 5.92 Å². The van der Waals surface area contributed by atoms with Gasteiger partial charge in [0.1, 0.15) is 5.60 Å². The summed E-state index contributed by atoms with van der Waals surface area (Å²) in [7, 11) is 0. The van der Waals surface area contributed by atoms with Crippen LogP contribution in [-0.2, 0) is 9.53 Å². The zero-order chi connectivity index (χ0) is 12.0. The third kappa shape index (κ3) is 3.99. The number of ether oxygens (including phenoxy) is 1. The van der Waals surface area contributed by atoms with Gasteiger partial charge in [-0.15, -0.1) is 0 Å². The zero-order valence-electron chi connectivity index (χ0n) is 10.6. The monoisotopic (exact) mass is 224 g/mol. The minimum Gasteiger partial charge on any atom is -0.456 e. The zero-order valence-corrected chi connectivity index (χ0v) is 10.6. The van der Waals surface area contributed by atoms with Crippen molar-refractivity contribution in [1.29, 1.82) is 0 Å². The number of unbranched alkanes of at least 4 members (excludes halogenated alkanes) is 1. The Hall–Kier alpha value is -0.790. The Morgan fingerprint density at radius 3 is 2.62 bits per heavy atom. The van der Waals surface area contributed by atoms with Crippen LogP contribution < -0.4 is 0 Å². The second-order valence-corrected chi connectivity index (χ2v) is 5.16.